The van der Waals surface area contributed by atoms with E-state index in [1.54, 1.807) is 6.08 Å². The largest absolute Gasteiger partial charge is 0.264 e. The second-order valence-corrected chi connectivity index (χ2v) is 6.00. The molecule has 0 fully saturated rings. The number of hydrogen-bond donors (Lipinski definition) is 0. The van der Waals surface area contributed by atoms with Gasteiger partial charge in [0.15, 0.2) is 0 Å². The van der Waals surface area contributed by atoms with E-state index in [0.29, 0.717) is 0 Å². The first-order chi connectivity index (χ1) is 12.8. The Balaban J connectivity index is 2.18. The van der Waals surface area contributed by atoms with E-state index in [1.165, 1.54) is 22.3 Å². The maximum absolute atomic E-state index is 4.32. The summed E-state index contributed by atoms with van der Waals surface area (Å²) >= 11 is 0. The van der Waals surface area contributed by atoms with E-state index in [9.17, 15) is 0 Å². The van der Waals surface area contributed by atoms with Gasteiger partial charge in [-0.05, 0) is 53.6 Å². The van der Waals surface area contributed by atoms with Crippen LogP contribution in [-0.4, -0.2) is 9.97 Å². The number of aromatic nitrogens is 2. The first-order valence-electron chi connectivity index (χ1n) is 8.85. The van der Waals surface area contributed by atoms with Crippen molar-refractivity contribution in [2.75, 3.05) is 0 Å². The van der Waals surface area contributed by atoms with Gasteiger partial charge in [0, 0.05) is 30.7 Å². The Kier molecular flexibility index (Phi) is 8.01. The van der Waals surface area contributed by atoms with Gasteiger partial charge in [0.1, 0.15) is 0 Å². The lowest BCUT2D eigenvalue weighted by atomic mass is 9.90. The molecule has 0 aliphatic rings. The molecule has 0 saturated carbocycles. The summed E-state index contributed by atoms with van der Waals surface area (Å²) in [5, 5.41) is 0. The van der Waals surface area contributed by atoms with Crippen LogP contribution in [0.25, 0.3) is 6.08 Å². The van der Waals surface area contributed by atoms with E-state index in [0.717, 1.165) is 19.3 Å². The molecule has 2 nitrogen and oxygen atoms in total. The van der Waals surface area contributed by atoms with E-state index in [-0.39, 0.29) is 5.92 Å². The van der Waals surface area contributed by atoms with Crippen LogP contribution < -0.4 is 0 Å². The summed E-state index contributed by atoms with van der Waals surface area (Å²) in [6, 6.07) is 4.14. The summed E-state index contributed by atoms with van der Waals surface area (Å²) in [7, 11) is 0. The zero-order valence-corrected chi connectivity index (χ0v) is 15.2. The first-order valence-corrected chi connectivity index (χ1v) is 8.85. The number of hydrogen-bond acceptors (Lipinski definition) is 2. The number of rotatable bonds is 10. The molecule has 0 radical (unpaired) electrons. The molecule has 0 amide bonds. The molecule has 2 heteroatoms. The second kappa shape index (κ2) is 10.8. The monoisotopic (exact) mass is 342 g/mol. The quantitative estimate of drug-likeness (QED) is 0.399. The molecule has 0 aromatic carbocycles. The van der Waals surface area contributed by atoms with Crippen molar-refractivity contribution in [2.45, 2.75) is 25.2 Å². The Morgan fingerprint density at radius 2 is 1.62 bits per heavy atom. The highest BCUT2D eigenvalue weighted by Gasteiger charge is 2.11. The SMILES string of the molecule is C=C/C=C\C=C\c1ccncc1CCc1cnccc1C(C=C)CC=C. The second-order valence-electron chi connectivity index (χ2n) is 6.00. The zero-order chi connectivity index (χ0) is 18.6. The summed E-state index contributed by atoms with van der Waals surface area (Å²) in [5.74, 6) is 0.280. The van der Waals surface area contributed by atoms with Gasteiger partial charge >= 0.3 is 0 Å². The standard InChI is InChI=1S/C24H26N2/c1-4-7-8-9-11-21-14-16-25-18-22(21)12-13-23-19-26-17-15-24(23)20(6-3)10-5-2/h4-9,11,14-20H,1-3,10,12-13H2/b8-7-,11-9+. The van der Waals surface area contributed by atoms with E-state index >= 15 is 0 Å². The van der Waals surface area contributed by atoms with Crippen molar-refractivity contribution in [2.24, 2.45) is 0 Å². The van der Waals surface area contributed by atoms with E-state index < -0.39 is 0 Å². The van der Waals surface area contributed by atoms with Crippen molar-refractivity contribution in [3.05, 3.63) is 115 Å². The van der Waals surface area contributed by atoms with E-state index in [4.69, 9.17) is 0 Å². The summed E-state index contributed by atoms with van der Waals surface area (Å²) in [6.45, 7) is 11.5. The van der Waals surface area contributed by atoms with Gasteiger partial charge in [-0.25, -0.2) is 0 Å². The van der Waals surface area contributed by atoms with Crippen LogP contribution in [0.15, 0.2) is 93.1 Å². The van der Waals surface area contributed by atoms with Gasteiger partial charge in [-0.15, -0.1) is 13.2 Å². The Hall–Kier alpha value is -3.00. The highest BCUT2D eigenvalue weighted by Crippen LogP contribution is 2.25. The normalized spacial score (nSPS) is 12.3. The zero-order valence-electron chi connectivity index (χ0n) is 15.2. The van der Waals surface area contributed by atoms with E-state index in [2.05, 4.69) is 41.8 Å². The van der Waals surface area contributed by atoms with Crippen molar-refractivity contribution in [1.29, 1.82) is 0 Å². The first kappa shape index (κ1) is 19.3. The van der Waals surface area contributed by atoms with Crippen molar-refractivity contribution in [3.63, 3.8) is 0 Å². The molecular weight excluding hydrogens is 316 g/mol. The minimum atomic E-state index is 0.280. The average Bonchev–Trinajstić information content (AvgIpc) is 2.69. The third kappa shape index (κ3) is 5.52. The average molecular weight is 342 g/mol. The summed E-state index contributed by atoms with van der Waals surface area (Å²) in [4.78, 5) is 8.61. The lowest BCUT2D eigenvalue weighted by molar-refractivity contribution is 0.824. The van der Waals surface area contributed by atoms with Crippen LogP contribution in [0, 0.1) is 0 Å². The van der Waals surface area contributed by atoms with Crippen molar-refractivity contribution in [1.82, 2.24) is 9.97 Å². The molecule has 132 valence electrons. The molecule has 0 bridgehead atoms. The van der Waals surface area contributed by atoms with Crippen molar-refractivity contribution in [3.8, 4) is 0 Å². The fourth-order valence-corrected chi connectivity index (χ4v) is 2.92. The molecule has 2 aromatic heterocycles. The summed E-state index contributed by atoms with van der Waals surface area (Å²) in [6.07, 6.45) is 24.0. The molecule has 26 heavy (non-hydrogen) atoms. The number of nitrogens with zero attached hydrogens (tertiary/aromatic N) is 2. The minimum Gasteiger partial charge on any atom is -0.264 e. The number of aryl methyl sites for hydroxylation is 2. The molecule has 0 saturated heterocycles. The van der Waals surface area contributed by atoms with Crippen LogP contribution >= 0.6 is 0 Å². The minimum absolute atomic E-state index is 0.280. The molecule has 0 aliphatic carbocycles. The maximum Gasteiger partial charge on any atom is 0.0305 e. The van der Waals surface area contributed by atoms with Gasteiger partial charge < -0.3 is 0 Å². The van der Waals surface area contributed by atoms with Crippen molar-refractivity contribution < 1.29 is 0 Å². The lowest BCUT2D eigenvalue weighted by Gasteiger charge is -2.15. The predicted molar refractivity (Wildman–Crippen MR) is 112 cm³/mol. The Morgan fingerprint density at radius 1 is 0.885 bits per heavy atom. The molecule has 1 atom stereocenters. The molecule has 0 aliphatic heterocycles. The van der Waals surface area contributed by atoms with Crippen LogP contribution in [0.5, 0.6) is 0 Å². The van der Waals surface area contributed by atoms with Crippen LogP contribution in [0.4, 0.5) is 0 Å². The van der Waals surface area contributed by atoms with Crippen LogP contribution in [0.3, 0.4) is 0 Å². The predicted octanol–water partition coefficient (Wildman–Crippen LogP) is 5.86. The summed E-state index contributed by atoms with van der Waals surface area (Å²) < 4.78 is 0. The molecule has 2 heterocycles. The highest BCUT2D eigenvalue weighted by molar-refractivity contribution is 5.54. The molecule has 0 spiro atoms. The molecule has 2 aromatic rings. The van der Waals surface area contributed by atoms with E-state index in [1.807, 2.05) is 61.2 Å². The topological polar surface area (TPSA) is 25.8 Å². The Morgan fingerprint density at radius 3 is 2.35 bits per heavy atom. The molecule has 0 N–H and O–H groups in total. The maximum atomic E-state index is 4.32. The Bertz CT molecular complexity index is 799. The summed E-state index contributed by atoms with van der Waals surface area (Å²) in [5.41, 5.74) is 4.95. The third-order valence-electron chi connectivity index (χ3n) is 4.29. The third-order valence-corrected chi connectivity index (χ3v) is 4.29. The van der Waals surface area contributed by atoms with Gasteiger partial charge in [-0.2, -0.15) is 0 Å². The molecule has 1 unspecified atom stereocenters. The number of pyridine rings is 2. The smallest absolute Gasteiger partial charge is 0.0305 e. The van der Waals surface area contributed by atoms with Gasteiger partial charge in [-0.3, -0.25) is 9.97 Å². The van der Waals surface area contributed by atoms with Crippen molar-refractivity contribution >= 4 is 6.08 Å². The fraction of sp³-hybridized carbons (Fsp3) is 0.167. The van der Waals surface area contributed by atoms with Gasteiger partial charge in [0.05, 0.1) is 0 Å². The Labute approximate surface area is 157 Å². The molecule has 2 rings (SSSR count). The van der Waals surface area contributed by atoms with Gasteiger partial charge in [0.2, 0.25) is 0 Å². The van der Waals surface area contributed by atoms with Gasteiger partial charge in [0.25, 0.3) is 0 Å². The lowest BCUT2D eigenvalue weighted by Crippen LogP contribution is -2.03. The van der Waals surface area contributed by atoms with Gasteiger partial charge in [-0.1, -0.05) is 49.1 Å². The van der Waals surface area contributed by atoms with Crippen LogP contribution in [0.1, 0.15) is 34.6 Å². The molecular formula is C24H26N2. The number of allylic oxidation sites excluding steroid dienone is 6. The van der Waals surface area contributed by atoms with Crippen LogP contribution in [-0.2, 0) is 12.8 Å². The van der Waals surface area contributed by atoms with Crippen LogP contribution in [0.2, 0.25) is 0 Å². The fourth-order valence-electron chi connectivity index (χ4n) is 2.92. The highest BCUT2D eigenvalue weighted by atomic mass is 14.6.